The molecule has 0 saturated carbocycles. The van der Waals surface area contributed by atoms with Crippen molar-refractivity contribution >= 4 is 11.6 Å². The van der Waals surface area contributed by atoms with Gasteiger partial charge in [-0.15, -0.1) is 0 Å². The number of likely N-dealkylation sites (tertiary alicyclic amines) is 1. The Labute approximate surface area is 114 Å². The highest BCUT2D eigenvalue weighted by molar-refractivity contribution is 5.93. The Balaban J connectivity index is 1.90. The number of nitriles is 1. The Bertz CT molecular complexity index is 492. The van der Waals surface area contributed by atoms with Gasteiger partial charge in [0, 0.05) is 6.54 Å². The normalized spacial score (nSPS) is 19.1. The SMILES string of the molecule is CCC1CCN(CC(=O)Nc2ccccc2C#N)C1. The highest BCUT2D eigenvalue weighted by atomic mass is 16.2. The van der Waals surface area contributed by atoms with Crippen molar-refractivity contribution in [1.82, 2.24) is 4.90 Å². The summed E-state index contributed by atoms with van der Waals surface area (Å²) in [6, 6.07) is 9.16. The smallest absolute Gasteiger partial charge is 0.238 e. The summed E-state index contributed by atoms with van der Waals surface area (Å²) in [4.78, 5) is 14.1. The number of para-hydroxylation sites is 1. The van der Waals surface area contributed by atoms with Crippen LogP contribution in [0.4, 0.5) is 5.69 Å². The number of amides is 1. The lowest BCUT2D eigenvalue weighted by Gasteiger charge is -2.15. The first-order valence-corrected chi connectivity index (χ1v) is 6.74. The van der Waals surface area contributed by atoms with Crippen LogP contribution in [0.1, 0.15) is 25.3 Å². The summed E-state index contributed by atoms with van der Waals surface area (Å²) in [7, 11) is 0. The van der Waals surface area contributed by atoms with Gasteiger partial charge in [-0.3, -0.25) is 9.69 Å². The number of rotatable bonds is 4. The Hall–Kier alpha value is -1.86. The second-order valence-electron chi connectivity index (χ2n) is 5.00. The molecule has 0 spiro atoms. The van der Waals surface area contributed by atoms with Gasteiger partial charge in [0.25, 0.3) is 0 Å². The lowest BCUT2D eigenvalue weighted by atomic mass is 10.1. The number of anilines is 1. The Morgan fingerprint density at radius 3 is 3.00 bits per heavy atom. The van der Waals surface area contributed by atoms with E-state index < -0.39 is 0 Å². The molecule has 1 unspecified atom stereocenters. The maximum Gasteiger partial charge on any atom is 0.238 e. The van der Waals surface area contributed by atoms with E-state index in [-0.39, 0.29) is 5.91 Å². The zero-order chi connectivity index (χ0) is 13.7. The van der Waals surface area contributed by atoms with Crippen LogP contribution in [0.25, 0.3) is 0 Å². The van der Waals surface area contributed by atoms with Crippen molar-refractivity contribution in [2.75, 3.05) is 25.0 Å². The van der Waals surface area contributed by atoms with E-state index in [0.29, 0.717) is 17.8 Å². The van der Waals surface area contributed by atoms with E-state index in [2.05, 4.69) is 23.2 Å². The molecule has 0 aliphatic carbocycles. The molecule has 1 amide bonds. The van der Waals surface area contributed by atoms with Gasteiger partial charge >= 0.3 is 0 Å². The van der Waals surface area contributed by atoms with Crippen molar-refractivity contribution in [3.63, 3.8) is 0 Å². The summed E-state index contributed by atoms with van der Waals surface area (Å²) in [5, 5.41) is 11.8. The monoisotopic (exact) mass is 257 g/mol. The molecule has 1 aliphatic rings. The van der Waals surface area contributed by atoms with E-state index >= 15 is 0 Å². The molecule has 0 bridgehead atoms. The molecule has 0 radical (unpaired) electrons. The number of nitrogens with one attached hydrogen (secondary N) is 1. The van der Waals surface area contributed by atoms with Gasteiger partial charge in [0.15, 0.2) is 0 Å². The van der Waals surface area contributed by atoms with Crippen LogP contribution in [0.5, 0.6) is 0 Å². The van der Waals surface area contributed by atoms with E-state index in [9.17, 15) is 4.79 Å². The largest absolute Gasteiger partial charge is 0.324 e. The number of hydrogen-bond acceptors (Lipinski definition) is 3. The van der Waals surface area contributed by atoms with Crippen molar-refractivity contribution in [3.05, 3.63) is 29.8 Å². The molecule has 1 fully saturated rings. The van der Waals surface area contributed by atoms with Gasteiger partial charge in [-0.25, -0.2) is 0 Å². The van der Waals surface area contributed by atoms with Gasteiger partial charge < -0.3 is 5.32 Å². The van der Waals surface area contributed by atoms with Gasteiger partial charge in [-0.05, 0) is 31.0 Å². The molecule has 100 valence electrons. The molecule has 1 N–H and O–H groups in total. The predicted molar refractivity (Wildman–Crippen MR) is 74.6 cm³/mol. The maximum absolute atomic E-state index is 12.0. The van der Waals surface area contributed by atoms with E-state index in [1.165, 1.54) is 12.8 Å². The van der Waals surface area contributed by atoms with E-state index in [1.807, 2.05) is 6.07 Å². The molecule has 1 aliphatic heterocycles. The van der Waals surface area contributed by atoms with Gasteiger partial charge in [-0.1, -0.05) is 25.5 Å². The molecule has 0 aromatic heterocycles. The average molecular weight is 257 g/mol. The maximum atomic E-state index is 12.0. The number of nitrogens with zero attached hydrogens (tertiary/aromatic N) is 2. The van der Waals surface area contributed by atoms with Crippen molar-refractivity contribution in [1.29, 1.82) is 5.26 Å². The third-order valence-corrected chi connectivity index (χ3v) is 3.64. The summed E-state index contributed by atoms with van der Waals surface area (Å²) < 4.78 is 0. The molecule has 4 heteroatoms. The molecule has 1 aromatic rings. The van der Waals surface area contributed by atoms with E-state index in [4.69, 9.17) is 5.26 Å². The predicted octanol–water partition coefficient (Wildman–Crippen LogP) is 2.23. The zero-order valence-corrected chi connectivity index (χ0v) is 11.2. The molecule has 1 heterocycles. The van der Waals surface area contributed by atoms with Gasteiger partial charge in [0.05, 0.1) is 17.8 Å². The van der Waals surface area contributed by atoms with Gasteiger partial charge in [0.1, 0.15) is 6.07 Å². The van der Waals surface area contributed by atoms with Gasteiger partial charge in [-0.2, -0.15) is 5.26 Å². The number of hydrogen-bond donors (Lipinski definition) is 1. The van der Waals surface area contributed by atoms with Crippen LogP contribution in [-0.2, 0) is 4.79 Å². The molecule has 2 rings (SSSR count). The number of carbonyl (C=O) groups excluding carboxylic acids is 1. The van der Waals surface area contributed by atoms with Crippen molar-refractivity contribution in [3.8, 4) is 6.07 Å². The fraction of sp³-hybridized carbons (Fsp3) is 0.467. The highest BCUT2D eigenvalue weighted by Gasteiger charge is 2.22. The van der Waals surface area contributed by atoms with Crippen LogP contribution in [0.2, 0.25) is 0 Å². The van der Waals surface area contributed by atoms with Crippen molar-refractivity contribution < 1.29 is 4.79 Å². The summed E-state index contributed by atoms with van der Waals surface area (Å²) in [6.07, 6.45) is 2.36. The topological polar surface area (TPSA) is 56.1 Å². The van der Waals surface area contributed by atoms with Crippen molar-refractivity contribution in [2.24, 2.45) is 5.92 Å². The van der Waals surface area contributed by atoms with Crippen LogP contribution in [0.15, 0.2) is 24.3 Å². The molecule has 4 nitrogen and oxygen atoms in total. The third kappa shape index (κ3) is 3.55. The van der Waals surface area contributed by atoms with Crippen LogP contribution in [-0.4, -0.2) is 30.4 Å². The number of carbonyl (C=O) groups is 1. The first kappa shape index (κ1) is 13.6. The summed E-state index contributed by atoms with van der Waals surface area (Å²) in [5.41, 5.74) is 1.10. The Morgan fingerprint density at radius 2 is 2.32 bits per heavy atom. The molecule has 1 saturated heterocycles. The first-order valence-electron chi connectivity index (χ1n) is 6.74. The second-order valence-corrected chi connectivity index (χ2v) is 5.00. The van der Waals surface area contributed by atoms with Crippen LogP contribution >= 0.6 is 0 Å². The van der Waals surface area contributed by atoms with Gasteiger partial charge in [0.2, 0.25) is 5.91 Å². The van der Waals surface area contributed by atoms with Crippen LogP contribution in [0, 0.1) is 17.2 Å². The minimum atomic E-state index is -0.0422. The second kappa shape index (κ2) is 6.35. The fourth-order valence-corrected chi connectivity index (χ4v) is 2.47. The third-order valence-electron chi connectivity index (χ3n) is 3.64. The molecule has 1 atom stereocenters. The van der Waals surface area contributed by atoms with Crippen LogP contribution in [0.3, 0.4) is 0 Å². The molecule has 1 aromatic carbocycles. The zero-order valence-electron chi connectivity index (χ0n) is 11.2. The summed E-state index contributed by atoms with van der Waals surface area (Å²) in [5.74, 6) is 0.679. The fourth-order valence-electron chi connectivity index (χ4n) is 2.47. The molecular weight excluding hydrogens is 238 g/mol. The summed E-state index contributed by atoms with van der Waals surface area (Å²) in [6.45, 7) is 4.60. The average Bonchev–Trinajstić information content (AvgIpc) is 2.87. The summed E-state index contributed by atoms with van der Waals surface area (Å²) >= 11 is 0. The van der Waals surface area contributed by atoms with Crippen LogP contribution < -0.4 is 5.32 Å². The highest BCUT2D eigenvalue weighted by Crippen LogP contribution is 2.19. The Morgan fingerprint density at radius 1 is 1.53 bits per heavy atom. The van der Waals surface area contributed by atoms with E-state index in [0.717, 1.165) is 19.0 Å². The lowest BCUT2D eigenvalue weighted by Crippen LogP contribution is -2.31. The minimum absolute atomic E-state index is 0.0422. The molecular formula is C15H19N3O. The first-order chi connectivity index (χ1) is 9.22. The number of benzene rings is 1. The Kier molecular flexibility index (Phi) is 4.53. The molecule has 19 heavy (non-hydrogen) atoms. The lowest BCUT2D eigenvalue weighted by molar-refractivity contribution is -0.117. The van der Waals surface area contributed by atoms with E-state index in [1.54, 1.807) is 18.2 Å². The van der Waals surface area contributed by atoms with Crippen molar-refractivity contribution in [2.45, 2.75) is 19.8 Å². The minimum Gasteiger partial charge on any atom is -0.324 e. The quantitative estimate of drug-likeness (QED) is 0.900. The standard InChI is InChI=1S/C15H19N3O/c1-2-12-7-8-18(10-12)11-15(19)17-14-6-4-3-5-13(14)9-16/h3-6,12H,2,7-8,10-11H2,1H3,(H,17,19).